The zero-order valence-electron chi connectivity index (χ0n) is 14.8. The summed E-state index contributed by atoms with van der Waals surface area (Å²) in [6, 6.07) is 15.4. The standard InChI is InChI=1S/C21H21FN4/c1-2-21-24-18-5-3-4-6-20(18)26(21)16-9-11-25(12-10-16)19-8-7-15(14-23)13-17(19)22/h3-8,13,16H,2,9-12H2,1H3. The number of nitriles is 1. The zero-order chi connectivity index (χ0) is 18.1. The van der Waals surface area contributed by atoms with E-state index in [-0.39, 0.29) is 5.82 Å². The van der Waals surface area contributed by atoms with Gasteiger partial charge < -0.3 is 9.47 Å². The molecular weight excluding hydrogens is 327 g/mol. The first-order valence-electron chi connectivity index (χ1n) is 9.11. The molecule has 3 aromatic rings. The van der Waals surface area contributed by atoms with Crippen molar-refractivity contribution >= 4 is 16.7 Å². The molecule has 26 heavy (non-hydrogen) atoms. The molecule has 1 aliphatic rings. The SMILES string of the molecule is CCc1nc2ccccc2n1C1CCN(c2ccc(C#N)cc2F)CC1. The van der Waals surface area contributed by atoms with Crippen LogP contribution in [0.3, 0.4) is 0 Å². The fourth-order valence-electron chi connectivity index (χ4n) is 3.95. The molecule has 0 aliphatic carbocycles. The minimum absolute atomic E-state index is 0.315. The Bertz CT molecular complexity index is 977. The van der Waals surface area contributed by atoms with Gasteiger partial charge in [-0.3, -0.25) is 0 Å². The normalized spacial score (nSPS) is 15.3. The van der Waals surface area contributed by atoms with E-state index in [9.17, 15) is 4.39 Å². The molecule has 1 saturated heterocycles. The molecule has 0 saturated carbocycles. The molecule has 2 heterocycles. The highest BCUT2D eigenvalue weighted by Gasteiger charge is 2.25. The van der Waals surface area contributed by atoms with Crippen LogP contribution >= 0.6 is 0 Å². The number of nitrogens with zero attached hydrogens (tertiary/aromatic N) is 4. The Hall–Kier alpha value is -2.87. The molecule has 0 unspecified atom stereocenters. The Kier molecular flexibility index (Phi) is 4.34. The van der Waals surface area contributed by atoms with Gasteiger partial charge in [0.15, 0.2) is 0 Å². The van der Waals surface area contributed by atoms with Crippen molar-refractivity contribution in [2.75, 3.05) is 18.0 Å². The van der Waals surface area contributed by atoms with Crippen molar-refractivity contribution < 1.29 is 4.39 Å². The van der Waals surface area contributed by atoms with Crippen LogP contribution in [0, 0.1) is 17.1 Å². The van der Waals surface area contributed by atoms with Gasteiger partial charge in [-0.05, 0) is 43.2 Å². The molecular formula is C21H21FN4. The van der Waals surface area contributed by atoms with Crippen LogP contribution in [-0.4, -0.2) is 22.6 Å². The second-order valence-electron chi connectivity index (χ2n) is 6.74. The number of para-hydroxylation sites is 2. The van der Waals surface area contributed by atoms with Crippen LogP contribution in [-0.2, 0) is 6.42 Å². The summed E-state index contributed by atoms with van der Waals surface area (Å²) >= 11 is 0. The Morgan fingerprint density at radius 2 is 1.96 bits per heavy atom. The molecule has 132 valence electrons. The number of hydrogen-bond donors (Lipinski definition) is 0. The van der Waals surface area contributed by atoms with Crippen molar-refractivity contribution in [3.05, 3.63) is 59.7 Å². The lowest BCUT2D eigenvalue weighted by molar-refractivity contribution is 0.393. The first-order valence-corrected chi connectivity index (χ1v) is 9.11. The predicted molar refractivity (Wildman–Crippen MR) is 101 cm³/mol. The van der Waals surface area contributed by atoms with Crippen LogP contribution in [0.5, 0.6) is 0 Å². The van der Waals surface area contributed by atoms with Crippen molar-refractivity contribution in [3.63, 3.8) is 0 Å². The molecule has 0 radical (unpaired) electrons. The molecule has 0 bridgehead atoms. The summed E-state index contributed by atoms with van der Waals surface area (Å²) in [4.78, 5) is 6.86. The van der Waals surface area contributed by atoms with Crippen molar-refractivity contribution in [2.24, 2.45) is 0 Å². The fourth-order valence-corrected chi connectivity index (χ4v) is 3.95. The first-order chi connectivity index (χ1) is 12.7. The van der Waals surface area contributed by atoms with Crippen molar-refractivity contribution in [1.29, 1.82) is 5.26 Å². The Morgan fingerprint density at radius 3 is 2.65 bits per heavy atom. The van der Waals surface area contributed by atoms with Crippen LogP contribution < -0.4 is 4.90 Å². The lowest BCUT2D eigenvalue weighted by Gasteiger charge is -2.35. The maximum absolute atomic E-state index is 14.3. The number of fused-ring (bicyclic) bond motifs is 1. The largest absolute Gasteiger partial charge is 0.369 e. The second kappa shape index (κ2) is 6.80. The summed E-state index contributed by atoms with van der Waals surface area (Å²) in [5.41, 5.74) is 3.18. The van der Waals surface area contributed by atoms with E-state index < -0.39 is 0 Å². The van der Waals surface area contributed by atoms with Crippen molar-refractivity contribution in [1.82, 2.24) is 9.55 Å². The van der Waals surface area contributed by atoms with E-state index in [1.54, 1.807) is 12.1 Å². The summed E-state index contributed by atoms with van der Waals surface area (Å²) in [7, 11) is 0. The topological polar surface area (TPSA) is 44.9 Å². The first kappa shape index (κ1) is 16.6. The molecule has 5 heteroatoms. The van der Waals surface area contributed by atoms with Gasteiger partial charge in [0.2, 0.25) is 0 Å². The number of anilines is 1. The summed E-state index contributed by atoms with van der Waals surface area (Å²) in [6.45, 7) is 3.73. The van der Waals surface area contributed by atoms with Gasteiger partial charge in [0.1, 0.15) is 11.6 Å². The van der Waals surface area contributed by atoms with Crippen LogP contribution in [0.1, 0.15) is 37.2 Å². The number of hydrogen-bond acceptors (Lipinski definition) is 3. The van der Waals surface area contributed by atoms with Crippen LogP contribution in [0.25, 0.3) is 11.0 Å². The van der Waals surface area contributed by atoms with Gasteiger partial charge in [-0.1, -0.05) is 19.1 Å². The minimum Gasteiger partial charge on any atom is -0.369 e. The number of halogens is 1. The molecule has 0 atom stereocenters. The Morgan fingerprint density at radius 1 is 1.19 bits per heavy atom. The van der Waals surface area contributed by atoms with E-state index in [4.69, 9.17) is 10.2 Å². The van der Waals surface area contributed by atoms with Gasteiger partial charge in [-0.2, -0.15) is 5.26 Å². The highest BCUT2D eigenvalue weighted by Crippen LogP contribution is 2.32. The number of aryl methyl sites for hydroxylation is 1. The molecule has 4 rings (SSSR count). The monoisotopic (exact) mass is 348 g/mol. The average molecular weight is 348 g/mol. The molecule has 0 spiro atoms. The van der Waals surface area contributed by atoms with Crippen LogP contribution in [0.15, 0.2) is 42.5 Å². The molecule has 2 aromatic carbocycles. The highest BCUT2D eigenvalue weighted by atomic mass is 19.1. The van der Waals surface area contributed by atoms with Crippen LogP contribution in [0.2, 0.25) is 0 Å². The van der Waals surface area contributed by atoms with E-state index in [0.29, 0.717) is 17.3 Å². The lowest BCUT2D eigenvalue weighted by atomic mass is 10.0. The third kappa shape index (κ3) is 2.82. The van der Waals surface area contributed by atoms with Gasteiger partial charge in [-0.15, -0.1) is 0 Å². The van der Waals surface area contributed by atoms with Crippen molar-refractivity contribution in [2.45, 2.75) is 32.2 Å². The van der Waals surface area contributed by atoms with E-state index in [0.717, 1.165) is 43.7 Å². The lowest BCUT2D eigenvalue weighted by Crippen LogP contribution is -2.35. The minimum atomic E-state index is -0.315. The quantitative estimate of drug-likeness (QED) is 0.702. The fraction of sp³-hybridized carbons (Fsp3) is 0.333. The highest BCUT2D eigenvalue weighted by molar-refractivity contribution is 5.76. The Labute approximate surface area is 152 Å². The zero-order valence-corrected chi connectivity index (χ0v) is 14.8. The predicted octanol–water partition coefficient (Wildman–Crippen LogP) is 4.45. The van der Waals surface area contributed by atoms with Gasteiger partial charge in [0.25, 0.3) is 0 Å². The molecule has 0 amide bonds. The Balaban J connectivity index is 1.57. The maximum Gasteiger partial charge on any atom is 0.147 e. The van der Waals surface area contributed by atoms with E-state index in [1.807, 2.05) is 12.1 Å². The van der Waals surface area contributed by atoms with Gasteiger partial charge in [0.05, 0.1) is 28.4 Å². The van der Waals surface area contributed by atoms with Crippen molar-refractivity contribution in [3.8, 4) is 6.07 Å². The summed E-state index contributed by atoms with van der Waals surface area (Å²) in [5, 5.41) is 8.90. The third-order valence-electron chi connectivity index (χ3n) is 5.23. The number of aromatic nitrogens is 2. The van der Waals surface area contributed by atoms with Gasteiger partial charge in [0, 0.05) is 25.6 Å². The number of benzene rings is 2. The smallest absolute Gasteiger partial charge is 0.147 e. The third-order valence-corrected chi connectivity index (χ3v) is 5.23. The maximum atomic E-state index is 14.3. The molecule has 1 fully saturated rings. The molecule has 4 nitrogen and oxygen atoms in total. The summed E-state index contributed by atoms with van der Waals surface area (Å²) in [5.74, 6) is 0.805. The van der Waals surface area contributed by atoms with E-state index in [2.05, 4.69) is 34.6 Å². The second-order valence-corrected chi connectivity index (χ2v) is 6.74. The van der Waals surface area contributed by atoms with E-state index >= 15 is 0 Å². The summed E-state index contributed by atoms with van der Waals surface area (Å²) < 4.78 is 16.7. The summed E-state index contributed by atoms with van der Waals surface area (Å²) in [6.07, 6.45) is 2.80. The average Bonchev–Trinajstić information content (AvgIpc) is 3.06. The number of piperidine rings is 1. The van der Waals surface area contributed by atoms with E-state index in [1.165, 1.54) is 11.6 Å². The number of imidazole rings is 1. The number of rotatable bonds is 3. The molecule has 0 N–H and O–H groups in total. The molecule has 1 aromatic heterocycles. The van der Waals surface area contributed by atoms with Gasteiger partial charge in [-0.25, -0.2) is 9.37 Å². The molecule has 1 aliphatic heterocycles. The van der Waals surface area contributed by atoms with Gasteiger partial charge >= 0.3 is 0 Å². The van der Waals surface area contributed by atoms with Crippen LogP contribution in [0.4, 0.5) is 10.1 Å².